The van der Waals surface area contributed by atoms with Gasteiger partial charge in [0.25, 0.3) is 5.91 Å². The fraction of sp³-hybridized carbons (Fsp3) is 0.409. The van der Waals surface area contributed by atoms with E-state index in [4.69, 9.17) is 4.74 Å². The van der Waals surface area contributed by atoms with Crippen molar-refractivity contribution >= 4 is 5.91 Å². The Hall–Kier alpha value is -2.36. The van der Waals surface area contributed by atoms with Gasteiger partial charge in [-0.1, -0.05) is 18.6 Å². The number of hydrogen-bond donors (Lipinski definition) is 0. The van der Waals surface area contributed by atoms with Crippen LogP contribution in [0.15, 0.2) is 42.5 Å². The molecule has 0 heterocycles. The zero-order valence-electron chi connectivity index (χ0n) is 15.2. The fourth-order valence-corrected chi connectivity index (χ4v) is 4.54. The molecule has 2 aliphatic rings. The number of carbonyl (C=O) groups is 1. The van der Waals surface area contributed by atoms with Crippen molar-refractivity contribution in [1.82, 2.24) is 4.90 Å². The quantitative estimate of drug-likeness (QED) is 0.754. The lowest BCUT2D eigenvalue weighted by atomic mass is 9.83. The van der Waals surface area contributed by atoms with Gasteiger partial charge in [-0.05, 0) is 72.9 Å². The molecule has 2 bridgehead atoms. The zero-order valence-corrected chi connectivity index (χ0v) is 15.2. The Bertz CT molecular complexity index is 815. The highest BCUT2D eigenvalue weighted by atomic mass is 19.1. The van der Waals surface area contributed by atoms with E-state index in [0.29, 0.717) is 17.2 Å². The molecule has 2 aromatic rings. The SMILES string of the molecule is CN(C)C(=O)c1ccc(Oc2ccc(C3CC4CCC3C4)cc2)c(F)c1. The van der Waals surface area contributed by atoms with Crippen molar-refractivity contribution in [3.8, 4) is 11.5 Å². The van der Waals surface area contributed by atoms with E-state index >= 15 is 0 Å². The second kappa shape index (κ2) is 6.75. The van der Waals surface area contributed by atoms with E-state index in [1.807, 2.05) is 12.1 Å². The molecule has 2 aromatic carbocycles. The van der Waals surface area contributed by atoms with Crippen LogP contribution in [0.2, 0.25) is 0 Å². The Morgan fingerprint density at radius 2 is 1.85 bits per heavy atom. The molecule has 136 valence electrons. The molecule has 0 N–H and O–H groups in total. The van der Waals surface area contributed by atoms with Crippen LogP contribution in [0, 0.1) is 17.7 Å². The second-order valence-corrected chi connectivity index (χ2v) is 7.80. The number of benzene rings is 2. The first-order valence-corrected chi connectivity index (χ1v) is 9.30. The summed E-state index contributed by atoms with van der Waals surface area (Å²) in [4.78, 5) is 13.3. The standard InChI is InChI=1S/C22H24FNO2/c1-24(2)22(25)17-7-10-21(20(23)13-17)26-18-8-5-15(6-9-18)19-12-14-3-4-16(19)11-14/h5-10,13-14,16,19H,3-4,11-12H2,1-2H3. The summed E-state index contributed by atoms with van der Waals surface area (Å²) < 4.78 is 20.0. The minimum Gasteiger partial charge on any atom is -0.454 e. The average molecular weight is 353 g/mol. The third-order valence-corrected chi connectivity index (χ3v) is 5.86. The van der Waals surface area contributed by atoms with Crippen LogP contribution in [0.3, 0.4) is 0 Å². The van der Waals surface area contributed by atoms with Gasteiger partial charge in [0, 0.05) is 19.7 Å². The third-order valence-electron chi connectivity index (χ3n) is 5.86. The molecule has 0 spiro atoms. The van der Waals surface area contributed by atoms with Gasteiger partial charge in [-0.25, -0.2) is 4.39 Å². The predicted molar refractivity (Wildman–Crippen MR) is 99.1 cm³/mol. The lowest BCUT2D eigenvalue weighted by Crippen LogP contribution is -2.21. The predicted octanol–water partition coefficient (Wildman–Crippen LogP) is 5.22. The Kier molecular flexibility index (Phi) is 4.43. The molecular formula is C22H24FNO2. The second-order valence-electron chi connectivity index (χ2n) is 7.80. The Morgan fingerprint density at radius 3 is 2.42 bits per heavy atom. The normalized spacial score (nSPS) is 23.9. The maximum atomic E-state index is 14.3. The molecule has 2 fully saturated rings. The molecule has 0 saturated heterocycles. The number of hydrogen-bond acceptors (Lipinski definition) is 2. The minimum absolute atomic E-state index is 0.132. The van der Waals surface area contributed by atoms with Gasteiger partial charge in [0.05, 0.1) is 0 Å². The van der Waals surface area contributed by atoms with Crippen molar-refractivity contribution in [2.24, 2.45) is 11.8 Å². The molecule has 26 heavy (non-hydrogen) atoms. The van der Waals surface area contributed by atoms with E-state index in [1.165, 1.54) is 48.3 Å². The molecule has 4 heteroatoms. The first kappa shape index (κ1) is 17.1. The molecule has 0 radical (unpaired) electrons. The van der Waals surface area contributed by atoms with Crippen LogP contribution in [0.4, 0.5) is 4.39 Å². The van der Waals surface area contributed by atoms with E-state index in [0.717, 1.165) is 11.8 Å². The van der Waals surface area contributed by atoms with Gasteiger partial charge in [0.15, 0.2) is 11.6 Å². The van der Waals surface area contributed by atoms with Crippen LogP contribution in [0.25, 0.3) is 0 Å². The van der Waals surface area contributed by atoms with Gasteiger partial charge >= 0.3 is 0 Å². The Labute approximate surface area is 153 Å². The van der Waals surface area contributed by atoms with Crippen molar-refractivity contribution in [1.29, 1.82) is 0 Å². The van der Waals surface area contributed by atoms with E-state index in [1.54, 1.807) is 20.2 Å². The highest BCUT2D eigenvalue weighted by molar-refractivity contribution is 5.94. The Balaban J connectivity index is 1.46. The number of rotatable bonds is 4. The monoisotopic (exact) mass is 353 g/mol. The van der Waals surface area contributed by atoms with Crippen molar-refractivity contribution < 1.29 is 13.9 Å². The molecule has 3 unspecified atom stereocenters. The molecule has 0 aliphatic heterocycles. The van der Waals surface area contributed by atoms with Crippen molar-refractivity contribution in [2.45, 2.75) is 31.6 Å². The summed E-state index contributed by atoms with van der Waals surface area (Å²) in [6, 6.07) is 12.4. The van der Waals surface area contributed by atoms with Gasteiger partial charge < -0.3 is 9.64 Å². The first-order chi connectivity index (χ1) is 12.5. The average Bonchev–Trinajstić information content (AvgIpc) is 3.27. The van der Waals surface area contributed by atoms with Crippen LogP contribution in [0.1, 0.15) is 47.5 Å². The lowest BCUT2D eigenvalue weighted by molar-refractivity contribution is 0.0827. The zero-order chi connectivity index (χ0) is 18.3. The first-order valence-electron chi connectivity index (χ1n) is 9.30. The molecule has 4 rings (SSSR count). The summed E-state index contributed by atoms with van der Waals surface area (Å²) in [5, 5.41) is 0. The third kappa shape index (κ3) is 3.20. The topological polar surface area (TPSA) is 29.5 Å². The molecule has 0 aromatic heterocycles. The van der Waals surface area contributed by atoms with Gasteiger partial charge in [-0.2, -0.15) is 0 Å². The van der Waals surface area contributed by atoms with Crippen molar-refractivity contribution in [2.75, 3.05) is 14.1 Å². The van der Waals surface area contributed by atoms with Crippen molar-refractivity contribution in [3.05, 3.63) is 59.4 Å². The number of amides is 1. The summed E-state index contributed by atoms with van der Waals surface area (Å²) in [5.74, 6) is 2.41. The van der Waals surface area contributed by atoms with Gasteiger partial charge in [-0.3, -0.25) is 4.79 Å². The summed E-state index contributed by atoms with van der Waals surface area (Å²) in [5.41, 5.74) is 1.68. The van der Waals surface area contributed by atoms with Gasteiger partial charge in [0.2, 0.25) is 0 Å². The maximum absolute atomic E-state index is 14.3. The van der Waals surface area contributed by atoms with Gasteiger partial charge in [-0.15, -0.1) is 0 Å². The van der Waals surface area contributed by atoms with Gasteiger partial charge in [0.1, 0.15) is 5.75 Å². The van der Waals surface area contributed by atoms with Crippen LogP contribution in [0.5, 0.6) is 11.5 Å². The molecular weight excluding hydrogens is 329 g/mol. The smallest absolute Gasteiger partial charge is 0.253 e. The van der Waals surface area contributed by atoms with Crippen molar-refractivity contribution in [3.63, 3.8) is 0 Å². The molecule has 1 amide bonds. The van der Waals surface area contributed by atoms with Crippen LogP contribution in [-0.2, 0) is 0 Å². The van der Waals surface area contributed by atoms with E-state index in [-0.39, 0.29) is 11.7 Å². The van der Waals surface area contributed by atoms with Crippen LogP contribution < -0.4 is 4.74 Å². The lowest BCUT2D eigenvalue weighted by Gasteiger charge is -2.22. The molecule has 3 nitrogen and oxygen atoms in total. The highest BCUT2D eigenvalue weighted by Gasteiger charge is 2.39. The maximum Gasteiger partial charge on any atom is 0.253 e. The minimum atomic E-state index is -0.533. The number of fused-ring (bicyclic) bond motifs is 2. The van der Waals surface area contributed by atoms with Crippen LogP contribution >= 0.6 is 0 Å². The molecule has 3 atom stereocenters. The number of nitrogens with zero attached hydrogens (tertiary/aromatic N) is 1. The van der Waals surface area contributed by atoms with E-state index < -0.39 is 5.82 Å². The number of carbonyl (C=O) groups excluding carboxylic acids is 1. The summed E-state index contributed by atoms with van der Waals surface area (Å²) in [6.45, 7) is 0. The summed E-state index contributed by atoms with van der Waals surface area (Å²) in [7, 11) is 3.28. The molecule has 2 saturated carbocycles. The van der Waals surface area contributed by atoms with Crippen LogP contribution in [-0.4, -0.2) is 24.9 Å². The van der Waals surface area contributed by atoms with E-state index in [2.05, 4.69) is 12.1 Å². The molecule has 2 aliphatic carbocycles. The van der Waals surface area contributed by atoms with E-state index in [9.17, 15) is 9.18 Å². The summed E-state index contributed by atoms with van der Waals surface area (Å²) in [6.07, 6.45) is 5.44. The highest BCUT2D eigenvalue weighted by Crippen LogP contribution is 2.52. The summed E-state index contributed by atoms with van der Waals surface area (Å²) >= 11 is 0. The number of ether oxygens (including phenoxy) is 1. The fourth-order valence-electron chi connectivity index (χ4n) is 4.54. The number of halogens is 1. The largest absolute Gasteiger partial charge is 0.454 e. The Morgan fingerprint density at radius 1 is 1.08 bits per heavy atom.